The first kappa shape index (κ1) is 12.2. The topological polar surface area (TPSA) is 36.4 Å². The highest BCUT2D eigenvalue weighted by Gasteiger charge is 2.45. The number of hydrogen-bond donors (Lipinski definition) is 2. The van der Waals surface area contributed by atoms with Gasteiger partial charge in [-0.3, -0.25) is 4.99 Å². The molecule has 1 aliphatic carbocycles. The van der Waals surface area contributed by atoms with E-state index in [0.717, 1.165) is 24.2 Å². The molecule has 0 bridgehead atoms. The van der Waals surface area contributed by atoms with E-state index in [1.54, 1.807) is 6.20 Å². The molecule has 3 heteroatoms. The van der Waals surface area contributed by atoms with Gasteiger partial charge in [-0.2, -0.15) is 0 Å². The van der Waals surface area contributed by atoms with Crippen molar-refractivity contribution in [1.29, 1.82) is 0 Å². The van der Waals surface area contributed by atoms with Crippen molar-refractivity contribution in [2.45, 2.75) is 45.7 Å². The van der Waals surface area contributed by atoms with Crippen LogP contribution < -0.4 is 10.6 Å². The Kier molecular flexibility index (Phi) is 4.82. The summed E-state index contributed by atoms with van der Waals surface area (Å²) in [6.45, 7) is 10.5. The van der Waals surface area contributed by atoms with Gasteiger partial charge in [-0.15, -0.1) is 0 Å². The minimum absolute atomic E-state index is 0.664. The monoisotopic (exact) mass is 209 g/mol. The number of aliphatic imine (C=N–C) groups is 1. The molecule has 2 fully saturated rings. The molecule has 1 aliphatic heterocycles. The zero-order valence-electron chi connectivity index (χ0n) is 10.1. The summed E-state index contributed by atoms with van der Waals surface area (Å²) in [5.74, 6) is 0.980. The molecule has 86 valence electrons. The zero-order valence-corrected chi connectivity index (χ0v) is 10.1. The largest absolute Gasteiger partial charge is 0.386 e. The predicted octanol–water partition coefficient (Wildman–Crippen LogP) is 1.91. The van der Waals surface area contributed by atoms with Crippen LogP contribution in [0.4, 0.5) is 0 Å². The second-order valence-corrected chi connectivity index (χ2v) is 4.08. The van der Waals surface area contributed by atoms with Crippen LogP contribution in [0.2, 0.25) is 0 Å². The summed E-state index contributed by atoms with van der Waals surface area (Å²) in [4.78, 5) is 3.71. The van der Waals surface area contributed by atoms with Crippen LogP contribution >= 0.6 is 0 Å². The summed E-state index contributed by atoms with van der Waals surface area (Å²) >= 11 is 0. The van der Waals surface area contributed by atoms with Crippen LogP contribution in [0.15, 0.2) is 16.9 Å². The van der Waals surface area contributed by atoms with Gasteiger partial charge in [0.15, 0.2) is 0 Å². The van der Waals surface area contributed by atoms with Crippen molar-refractivity contribution in [3.63, 3.8) is 0 Å². The summed E-state index contributed by atoms with van der Waals surface area (Å²) in [5.41, 5.74) is 1.09. The number of rotatable bonds is 4. The van der Waals surface area contributed by atoms with Gasteiger partial charge in [-0.05, 0) is 32.4 Å². The van der Waals surface area contributed by atoms with Crippen molar-refractivity contribution >= 4 is 6.72 Å². The molecular formula is C12H23N3. The molecule has 2 N–H and O–H groups in total. The lowest BCUT2D eigenvalue weighted by atomic mass is 10.2. The third-order valence-corrected chi connectivity index (χ3v) is 2.87. The molecule has 0 amide bonds. The van der Waals surface area contributed by atoms with Gasteiger partial charge in [0.2, 0.25) is 0 Å². The molecule has 2 aliphatic rings. The highest BCUT2D eigenvalue weighted by Crippen LogP contribution is 2.40. The summed E-state index contributed by atoms with van der Waals surface area (Å²) in [5, 5.41) is 6.92. The molecule has 2 rings (SSSR count). The molecule has 0 aromatic carbocycles. The first-order valence-corrected chi connectivity index (χ1v) is 5.92. The SMILES string of the molecule is C=N/C=C(/C)NCC1CC2CC2N1.CC. The van der Waals surface area contributed by atoms with Crippen molar-refractivity contribution in [1.82, 2.24) is 10.6 Å². The molecule has 1 heterocycles. The fourth-order valence-corrected chi connectivity index (χ4v) is 2.06. The summed E-state index contributed by atoms with van der Waals surface area (Å²) in [6.07, 6.45) is 4.50. The Morgan fingerprint density at radius 1 is 1.53 bits per heavy atom. The van der Waals surface area contributed by atoms with Crippen molar-refractivity contribution in [3.8, 4) is 0 Å². The van der Waals surface area contributed by atoms with Crippen LogP contribution in [0.5, 0.6) is 0 Å². The molecule has 0 aromatic rings. The van der Waals surface area contributed by atoms with E-state index in [1.165, 1.54) is 12.8 Å². The first-order chi connectivity index (χ1) is 7.29. The minimum atomic E-state index is 0.664. The van der Waals surface area contributed by atoms with Gasteiger partial charge >= 0.3 is 0 Å². The van der Waals surface area contributed by atoms with Gasteiger partial charge in [0.25, 0.3) is 0 Å². The number of piperidine rings is 1. The Balaban J connectivity index is 0.000000531. The number of allylic oxidation sites excluding steroid dienone is 1. The Morgan fingerprint density at radius 3 is 2.80 bits per heavy atom. The smallest absolute Gasteiger partial charge is 0.0447 e. The molecule has 1 saturated heterocycles. The van der Waals surface area contributed by atoms with E-state index in [-0.39, 0.29) is 0 Å². The van der Waals surface area contributed by atoms with E-state index in [1.807, 2.05) is 20.8 Å². The molecule has 0 spiro atoms. The molecule has 0 aromatic heterocycles. The highest BCUT2D eigenvalue weighted by molar-refractivity contribution is 5.26. The van der Waals surface area contributed by atoms with Gasteiger partial charge < -0.3 is 10.6 Å². The molecule has 1 saturated carbocycles. The Morgan fingerprint density at radius 2 is 2.27 bits per heavy atom. The number of fused-ring (bicyclic) bond motifs is 1. The van der Waals surface area contributed by atoms with Gasteiger partial charge in [-0.25, -0.2) is 0 Å². The Hall–Kier alpha value is -0.830. The lowest BCUT2D eigenvalue weighted by molar-refractivity contribution is 0.516. The van der Waals surface area contributed by atoms with Gasteiger partial charge in [0, 0.05) is 30.5 Å². The normalized spacial score (nSPS) is 32.5. The first-order valence-electron chi connectivity index (χ1n) is 5.92. The summed E-state index contributed by atoms with van der Waals surface area (Å²) in [7, 11) is 0. The summed E-state index contributed by atoms with van der Waals surface area (Å²) in [6, 6.07) is 1.51. The molecular weight excluding hydrogens is 186 g/mol. The summed E-state index contributed by atoms with van der Waals surface area (Å²) < 4.78 is 0. The Labute approximate surface area is 93.1 Å². The van der Waals surface area contributed by atoms with Crippen LogP contribution in [0, 0.1) is 5.92 Å². The van der Waals surface area contributed by atoms with Crippen LogP contribution in [-0.4, -0.2) is 25.3 Å². The molecule has 3 atom stereocenters. The Bertz CT molecular complexity index is 225. The van der Waals surface area contributed by atoms with Crippen LogP contribution in [0.25, 0.3) is 0 Å². The van der Waals surface area contributed by atoms with Crippen molar-refractivity contribution in [2.24, 2.45) is 10.9 Å². The number of nitrogens with zero attached hydrogens (tertiary/aromatic N) is 1. The van der Waals surface area contributed by atoms with Crippen LogP contribution in [-0.2, 0) is 0 Å². The third-order valence-electron chi connectivity index (χ3n) is 2.87. The molecule has 3 unspecified atom stereocenters. The predicted molar refractivity (Wildman–Crippen MR) is 66.1 cm³/mol. The van der Waals surface area contributed by atoms with Crippen LogP contribution in [0.3, 0.4) is 0 Å². The zero-order chi connectivity index (χ0) is 11.3. The van der Waals surface area contributed by atoms with E-state index in [2.05, 4.69) is 22.3 Å². The number of hydrogen-bond acceptors (Lipinski definition) is 3. The van der Waals surface area contributed by atoms with E-state index in [9.17, 15) is 0 Å². The quantitative estimate of drug-likeness (QED) is 0.694. The van der Waals surface area contributed by atoms with E-state index in [4.69, 9.17) is 0 Å². The van der Waals surface area contributed by atoms with Crippen molar-refractivity contribution < 1.29 is 0 Å². The minimum Gasteiger partial charge on any atom is -0.386 e. The lowest BCUT2D eigenvalue weighted by Crippen LogP contribution is -2.35. The second kappa shape index (κ2) is 5.91. The fourth-order valence-electron chi connectivity index (χ4n) is 2.06. The van der Waals surface area contributed by atoms with E-state index < -0.39 is 0 Å². The molecule has 15 heavy (non-hydrogen) atoms. The molecule has 3 nitrogen and oxygen atoms in total. The highest BCUT2D eigenvalue weighted by atomic mass is 15.1. The fraction of sp³-hybridized carbons (Fsp3) is 0.750. The van der Waals surface area contributed by atoms with Gasteiger partial charge in [0.05, 0.1) is 0 Å². The van der Waals surface area contributed by atoms with Crippen molar-refractivity contribution in [3.05, 3.63) is 11.9 Å². The lowest BCUT2D eigenvalue weighted by Gasteiger charge is -2.14. The average molecular weight is 209 g/mol. The average Bonchev–Trinajstić information content (AvgIpc) is 2.87. The van der Waals surface area contributed by atoms with Gasteiger partial charge in [-0.1, -0.05) is 13.8 Å². The standard InChI is InChI=1S/C10H17N3.C2H6/c1-7(5-11-2)12-6-9-3-8-4-10(8)13-9;1-2/h5,8-10,12-13H,2-4,6H2,1H3;1-2H3/b7-5-;. The van der Waals surface area contributed by atoms with E-state index in [0.29, 0.717) is 6.04 Å². The van der Waals surface area contributed by atoms with Crippen molar-refractivity contribution in [2.75, 3.05) is 6.54 Å². The van der Waals surface area contributed by atoms with Crippen LogP contribution in [0.1, 0.15) is 33.6 Å². The number of nitrogens with one attached hydrogen (secondary N) is 2. The maximum absolute atomic E-state index is 3.71. The second-order valence-electron chi connectivity index (χ2n) is 4.08. The maximum atomic E-state index is 3.71. The third kappa shape index (κ3) is 3.67. The van der Waals surface area contributed by atoms with Gasteiger partial charge in [0.1, 0.15) is 0 Å². The van der Waals surface area contributed by atoms with E-state index >= 15 is 0 Å². The molecule has 0 radical (unpaired) electrons. The maximum Gasteiger partial charge on any atom is 0.0447 e.